The van der Waals surface area contributed by atoms with Gasteiger partial charge in [0.15, 0.2) is 0 Å². The molecule has 0 spiro atoms. The lowest BCUT2D eigenvalue weighted by Crippen LogP contribution is -2.00. The summed E-state index contributed by atoms with van der Waals surface area (Å²) in [7, 11) is 0. The Morgan fingerprint density at radius 1 is 1.54 bits per heavy atom. The smallest absolute Gasteiger partial charge is 0.396 e. The summed E-state index contributed by atoms with van der Waals surface area (Å²) in [6.45, 7) is 0.0433. The molecule has 0 aliphatic heterocycles. The van der Waals surface area contributed by atoms with Gasteiger partial charge in [0.1, 0.15) is 0 Å². The molecule has 0 aromatic carbocycles. The second-order valence-electron chi connectivity index (χ2n) is 2.44. The van der Waals surface area contributed by atoms with Crippen molar-refractivity contribution >= 4 is 17.1 Å². The van der Waals surface area contributed by atoms with Crippen LogP contribution in [0.2, 0.25) is 0 Å². The molecule has 0 unspecified atom stereocenters. The van der Waals surface area contributed by atoms with Crippen LogP contribution in [-0.4, -0.2) is 21.7 Å². The lowest BCUT2D eigenvalue weighted by Gasteiger charge is -1.96. The molecule has 13 heavy (non-hydrogen) atoms. The lowest BCUT2D eigenvalue weighted by molar-refractivity contribution is 0.307. The van der Waals surface area contributed by atoms with Crippen molar-refractivity contribution in [1.82, 2.24) is 5.16 Å². The van der Waals surface area contributed by atoms with Crippen molar-refractivity contribution < 1.29 is 14.0 Å². The predicted molar refractivity (Wildman–Crippen MR) is 47.7 cm³/mol. The van der Waals surface area contributed by atoms with Crippen LogP contribution in [-0.2, 0) is 6.42 Å². The molecule has 0 radical (unpaired) electrons. The maximum atomic E-state index is 10.4. The summed E-state index contributed by atoms with van der Waals surface area (Å²) in [4.78, 5) is 11.1. The van der Waals surface area contributed by atoms with E-state index in [9.17, 15) is 4.79 Å². The highest BCUT2D eigenvalue weighted by atomic mass is 32.1. The van der Waals surface area contributed by atoms with E-state index in [0.717, 1.165) is 4.86 Å². The third-order valence-corrected chi connectivity index (χ3v) is 1.84. The number of thiocarbonyl (C=S) groups is 1. The van der Waals surface area contributed by atoms with Crippen molar-refractivity contribution in [2.75, 3.05) is 6.61 Å². The van der Waals surface area contributed by atoms with Gasteiger partial charge in [0.25, 0.3) is 0 Å². The van der Waals surface area contributed by atoms with Gasteiger partial charge in [0.2, 0.25) is 5.89 Å². The van der Waals surface area contributed by atoms with E-state index in [1.54, 1.807) is 0 Å². The van der Waals surface area contributed by atoms with E-state index in [2.05, 4.69) is 14.1 Å². The van der Waals surface area contributed by atoms with Crippen molar-refractivity contribution in [3.8, 4) is 0 Å². The molecule has 1 aromatic heterocycles. The topological polar surface area (TPSA) is 76.5 Å². The minimum Gasteiger partial charge on any atom is -0.396 e. The average Bonchev–Trinajstić information content (AvgIpc) is 2.49. The molecule has 1 N–H and O–H groups in total. The number of aliphatic hydroxyl groups is 1. The first-order valence-electron chi connectivity index (χ1n) is 3.80. The van der Waals surface area contributed by atoms with Gasteiger partial charge in [-0.3, -0.25) is 4.52 Å². The number of hydrogen-bond donors (Lipinski definition) is 1. The van der Waals surface area contributed by atoms with E-state index >= 15 is 0 Å². The van der Waals surface area contributed by atoms with E-state index < -0.39 is 5.82 Å². The maximum Gasteiger partial charge on any atom is 0.542 e. The molecule has 0 aliphatic rings. The van der Waals surface area contributed by atoms with Gasteiger partial charge in [-0.2, -0.15) is 0 Å². The summed E-state index contributed by atoms with van der Waals surface area (Å²) in [6.07, 6.45) is 1.48. The summed E-state index contributed by atoms with van der Waals surface area (Å²) in [5.41, 5.74) is 0. The van der Waals surface area contributed by atoms with Gasteiger partial charge in [-0.15, -0.1) is 0 Å². The van der Waals surface area contributed by atoms with Gasteiger partial charge in [0, 0.05) is 19.4 Å². The molecule has 0 amide bonds. The Kier molecular flexibility index (Phi) is 3.78. The third-order valence-electron chi connectivity index (χ3n) is 1.43. The third kappa shape index (κ3) is 3.47. The molecule has 6 heteroatoms. The van der Waals surface area contributed by atoms with Gasteiger partial charge >= 0.3 is 5.82 Å². The van der Waals surface area contributed by atoms with Gasteiger partial charge in [0.05, 0.1) is 0 Å². The zero-order valence-electron chi connectivity index (χ0n) is 6.86. The molecule has 0 atom stereocenters. The minimum absolute atomic E-state index is 0.0433. The van der Waals surface area contributed by atoms with Gasteiger partial charge < -0.3 is 9.52 Å². The van der Waals surface area contributed by atoms with Crippen LogP contribution < -0.4 is 5.82 Å². The number of aryl methyl sites for hydroxylation is 1. The van der Waals surface area contributed by atoms with Crippen LogP contribution in [0.4, 0.5) is 0 Å². The van der Waals surface area contributed by atoms with Crippen LogP contribution in [0.3, 0.4) is 0 Å². The van der Waals surface area contributed by atoms with E-state index in [-0.39, 0.29) is 12.5 Å². The molecule has 0 saturated heterocycles. The predicted octanol–water partition coefficient (Wildman–Crippen LogP) is 0.313. The molecule has 5 nitrogen and oxygen atoms in total. The first-order chi connectivity index (χ1) is 6.22. The van der Waals surface area contributed by atoms with Crippen molar-refractivity contribution in [1.29, 1.82) is 0 Å². The Balaban J connectivity index is 2.35. The summed E-state index contributed by atoms with van der Waals surface area (Å²) in [5, 5.41) is 11.9. The highest BCUT2D eigenvalue weighted by Gasteiger charge is 2.04. The lowest BCUT2D eigenvalue weighted by atomic mass is 10.2. The molecule has 0 aliphatic carbocycles. The fourth-order valence-electron chi connectivity index (χ4n) is 0.814. The van der Waals surface area contributed by atoms with Crippen molar-refractivity contribution in [2.45, 2.75) is 19.3 Å². The van der Waals surface area contributed by atoms with Crippen molar-refractivity contribution in [3.63, 3.8) is 0 Å². The Labute approximate surface area is 79.3 Å². The largest absolute Gasteiger partial charge is 0.542 e. The van der Waals surface area contributed by atoms with E-state index in [1.807, 2.05) is 0 Å². The average molecular weight is 203 g/mol. The van der Waals surface area contributed by atoms with Crippen molar-refractivity contribution in [2.24, 2.45) is 0 Å². The van der Waals surface area contributed by atoms with Crippen molar-refractivity contribution in [3.05, 3.63) is 16.5 Å². The normalized spacial score (nSPS) is 10.2. The number of rotatable bonds is 5. The van der Waals surface area contributed by atoms with Crippen LogP contribution in [0.5, 0.6) is 0 Å². The number of aromatic nitrogens is 1. The second-order valence-corrected chi connectivity index (χ2v) is 3.02. The van der Waals surface area contributed by atoms with Crippen LogP contribution >= 0.6 is 12.2 Å². The highest BCUT2D eigenvalue weighted by molar-refractivity contribution is 7.80. The molecular weight excluding hydrogens is 194 g/mol. The summed E-state index contributed by atoms with van der Waals surface area (Å²) in [5.74, 6) is -0.562. The molecular formula is C7H9NO4S. The SMILES string of the molecule is O=c1onc(CCC(=S)CCO)o1. The number of aliphatic hydroxyl groups excluding tert-OH is 1. The molecule has 0 fully saturated rings. The maximum absolute atomic E-state index is 10.4. The second kappa shape index (κ2) is 4.88. The van der Waals surface area contributed by atoms with E-state index in [4.69, 9.17) is 17.3 Å². The number of nitrogens with zero attached hydrogens (tertiary/aromatic N) is 1. The van der Waals surface area contributed by atoms with Gasteiger partial charge in [-0.25, -0.2) is 4.79 Å². The van der Waals surface area contributed by atoms with E-state index in [0.29, 0.717) is 19.3 Å². The Morgan fingerprint density at radius 3 is 2.85 bits per heavy atom. The van der Waals surface area contributed by atoms with Crippen LogP contribution in [0, 0.1) is 0 Å². The summed E-state index contributed by atoms with van der Waals surface area (Å²) in [6, 6.07) is 0. The first-order valence-corrected chi connectivity index (χ1v) is 4.21. The molecule has 1 heterocycles. The fourth-order valence-corrected chi connectivity index (χ4v) is 1.01. The van der Waals surface area contributed by atoms with Gasteiger partial charge in [-0.05, 0) is 16.4 Å². The zero-order valence-corrected chi connectivity index (χ0v) is 7.67. The van der Waals surface area contributed by atoms with Crippen LogP contribution in [0.15, 0.2) is 13.7 Å². The highest BCUT2D eigenvalue weighted by Crippen LogP contribution is 2.00. The molecule has 1 rings (SSSR count). The van der Waals surface area contributed by atoms with Gasteiger partial charge in [-0.1, -0.05) is 12.2 Å². The Hall–Kier alpha value is -1.01. The van der Waals surface area contributed by atoms with Crippen LogP contribution in [0.1, 0.15) is 18.7 Å². The molecule has 1 aromatic rings. The first kappa shape index (κ1) is 10.1. The zero-order chi connectivity index (χ0) is 9.68. The minimum atomic E-state index is -0.803. The quantitative estimate of drug-likeness (QED) is 0.694. The summed E-state index contributed by atoms with van der Waals surface area (Å²) < 4.78 is 8.75. The number of hydrogen-bond acceptors (Lipinski definition) is 6. The summed E-state index contributed by atoms with van der Waals surface area (Å²) >= 11 is 4.92. The Bertz CT molecular complexity index is 329. The fraction of sp³-hybridized carbons (Fsp3) is 0.571. The molecule has 72 valence electrons. The molecule has 0 saturated carbocycles. The standard InChI is InChI=1S/C7H9NO4S/c9-4-3-5(13)1-2-6-8-12-7(10)11-6/h9H,1-4H2. The Morgan fingerprint density at radius 2 is 2.31 bits per heavy atom. The van der Waals surface area contributed by atoms with Crippen LogP contribution in [0.25, 0.3) is 0 Å². The molecule has 0 bridgehead atoms. The monoisotopic (exact) mass is 203 g/mol. The van der Waals surface area contributed by atoms with E-state index in [1.165, 1.54) is 0 Å².